The molecular formula is C12H22N2O2. The quantitative estimate of drug-likeness (QED) is 0.769. The van der Waals surface area contributed by atoms with E-state index in [0.29, 0.717) is 12.1 Å². The first-order valence-corrected chi connectivity index (χ1v) is 6.35. The summed E-state index contributed by atoms with van der Waals surface area (Å²) >= 11 is 0. The Hall–Kier alpha value is -0.610. The van der Waals surface area contributed by atoms with Gasteiger partial charge in [-0.2, -0.15) is 0 Å². The second-order valence-electron chi connectivity index (χ2n) is 4.72. The van der Waals surface area contributed by atoms with Gasteiger partial charge in [-0.05, 0) is 39.7 Å². The predicted molar refractivity (Wildman–Crippen MR) is 62.2 cm³/mol. The number of nitrogens with one attached hydrogen (secondary N) is 1. The largest absolute Gasteiger partial charge is 0.378 e. The fraction of sp³-hybridized carbons (Fsp3) is 0.917. The Morgan fingerprint density at radius 2 is 2.25 bits per heavy atom. The van der Waals surface area contributed by atoms with E-state index in [1.807, 2.05) is 14.0 Å². The van der Waals surface area contributed by atoms with Gasteiger partial charge in [-0.15, -0.1) is 0 Å². The molecule has 1 amide bonds. The molecule has 4 heteroatoms. The maximum atomic E-state index is 12.1. The normalized spacial score (nSPS) is 35.0. The molecular weight excluding hydrogens is 204 g/mol. The lowest BCUT2D eigenvalue weighted by atomic mass is 9.86. The second-order valence-corrected chi connectivity index (χ2v) is 4.72. The molecule has 1 saturated carbocycles. The van der Waals surface area contributed by atoms with Gasteiger partial charge in [0.15, 0.2) is 0 Å². The highest BCUT2D eigenvalue weighted by Gasteiger charge is 2.39. The molecule has 1 aliphatic carbocycles. The molecule has 4 nitrogen and oxygen atoms in total. The highest BCUT2D eigenvalue weighted by molar-refractivity contribution is 5.83. The Bertz CT molecular complexity index is 251. The molecule has 1 heterocycles. The molecule has 0 aromatic carbocycles. The van der Waals surface area contributed by atoms with E-state index in [2.05, 4.69) is 10.2 Å². The maximum Gasteiger partial charge on any atom is 0.239 e. The average Bonchev–Trinajstić information content (AvgIpc) is 2.24. The van der Waals surface area contributed by atoms with Crippen molar-refractivity contribution in [1.29, 1.82) is 0 Å². The number of hydrogen-bond donors (Lipinski definition) is 1. The third-order valence-corrected chi connectivity index (χ3v) is 3.73. The van der Waals surface area contributed by atoms with Crippen LogP contribution in [-0.2, 0) is 9.53 Å². The fourth-order valence-electron chi connectivity index (χ4n) is 2.69. The molecule has 0 bridgehead atoms. The van der Waals surface area contributed by atoms with Crippen molar-refractivity contribution in [3.63, 3.8) is 0 Å². The smallest absolute Gasteiger partial charge is 0.239 e. The van der Waals surface area contributed by atoms with Gasteiger partial charge >= 0.3 is 0 Å². The highest BCUT2D eigenvalue weighted by atomic mass is 16.5. The summed E-state index contributed by atoms with van der Waals surface area (Å²) in [6.07, 6.45) is 4.53. The van der Waals surface area contributed by atoms with E-state index >= 15 is 0 Å². The van der Waals surface area contributed by atoms with Gasteiger partial charge in [0.05, 0.1) is 12.1 Å². The zero-order valence-electron chi connectivity index (χ0n) is 10.2. The SMILES string of the molecule is CCOC1CC(N2CCCC(NC)C2=O)C1. The van der Waals surface area contributed by atoms with Gasteiger partial charge in [-0.3, -0.25) is 4.79 Å². The van der Waals surface area contributed by atoms with Gasteiger partial charge < -0.3 is 15.0 Å². The number of carbonyl (C=O) groups is 1. The van der Waals surface area contributed by atoms with E-state index in [4.69, 9.17) is 4.74 Å². The minimum atomic E-state index is 0.0416. The minimum absolute atomic E-state index is 0.0416. The molecule has 2 rings (SSSR count). The second kappa shape index (κ2) is 5.15. The summed E-state index contributed by atoms with van der Waals surface area (Å²) in [5, 5.41) is 3.10. The molecule has 0 spiro atoms. The molecule has 1 unspecified atom stereocenters. The van der Waals surface area contributed by atoms with E-state index < -0.39 is 0 Å². The fourth-order valence-corrected chi connectivity index (χ4v) is 2.69. The number of rotatable bonds is 4. The molecule has 1 N–H and O–H groups in total. The van der Waals surface area contributed by atoms with Crippen LogP contribution in [0, 0.1) is 0 Å². The predicted octanol–water partition coefficient (Wildman–Crippen LogP) is 0.764. The van der Waals surface area contributed by atoms with E-state index in [-0.39, 0.29) is 11.9 Å². The third kappa shape index (κ3) is 2.23. The summed E-state index contributed by atoms with van der Waals surface area (Å²) in [5.41, 5.74) is 0. The lowest BCUT2D eigenvalue weighted by Crippen LogP contribution is -2.58. The van der Waals surface area contributed by atoms with Crippen LogP contribution in [0.3, 0.4) is 0 Å². The number of ether oxygens (including phenoxy) is 1. The molecule has 1 aliphatic heterocycles. The van der Waals surface area contributed by atoms with E-state index in [9.17, 15) is 4.79 Å². The lowest BCUT2D eigenvalue weighted by Gasteiger charge is -2.45. The number of amides is 1. The van der Waals surface area contributed by atoms with Crippen molar-refractivity contribution in [3.8, 4) is 0 Å². The molecule has 1 atom stereocenters. The van der Waals surface area contributed by atoms with Crippen LogP contribution in [-0.4, -0.2) is 49.2 Å². The van der Waals surface area contributed by atoms with Crippen molar-refractivity contribution in [3.05, 3.63) is 0 Å². The molecule has 0 radical (unpaired) electrons. The van der Waals surface area contributed by atoms with Gasteiger partial charge in [-0.25, -0.2) is 0 Å². The summed E-state index contributed by atoms with van der Waals surface area (Å²) in [6.45, 7) is 3.74. The van der Waals surface area contributed by atoms with Crippen molar-refractivity contribution < 1.29 is 9.53 Å². The highest BCUT2D eigenvalue weighted by Crippen LogP contribution is 2.30. The number of nitrogens with zero attached hydrogens (tertiary/aromatic N) is 1. The maximum absolute atomic E-state index is 12.1. The van der Waals surface area contributed by atoms with Crippen LogP contribution in [0.4, 0.5) is 0 Å². The third-order valence-electron chi connectivity index (χ3n) is 3.73. The van der Waals surface area contributed by atoms with Gasteiger partial charge in [0.25, 0.3) is 0 Å². The van der Waals surface area contributed by atoms with Gasteiger partial charge in [0, 0.05) is 19.2 Å². The van der Waals surface area contributed by atoms with E-state index in [0.717, 1.165) is 38.8 Å². The average molecular weight is 226 g/mol. The summed E-state index contributed by atoms with van der Waals surface area (Å²) in [6, 6.07) is 0.472. The molecule has 2 aliphatic rings. The molecule has 1 saturated heterocycles. The first-order chi connectivity index (χ1) is 7.76. The van der Waals surface area contributed by atoms with Crippen LogP contribution >= 0.6 is 0 Å². The van der Waals surface area contributed by atoms with Crippen molar-refractivity contribution >= 4 is 5.91 Å². The van der Waals surface area contributed by atoms with Crippen LogP contribution in [0.5, 0.6) is 0 Å². The first-order valence-electron chi connectivity index (χ1n) is 6.35. The number of hydrogen-bond acceptors (Lipinski definition) is 3. The van der Waals surface area contributed by atoms with Gasteiger partial charge in [0.2, 0.25) is 5.91 Å². The Kier molecular flexibility index (Phi) is 3.82. The van der Waals surface area contributed by atoms with Crippen molar-refractivity contribution in [2.45, 2.75) is 50.8 Å². The molecule has 92 valence electrons. The first kappa shape index (κ1) is 11.9. The summed E-state index contributed by atoms with van der Waals surface area (Å²) < 4.78 is 5.53. The van der Waals surface area contributed by atoms with Crippen LogP contribution in [0.25, 0.3) is 0 Å². The van der Waals surface area contributed by atoms with Gasteiger partial charge in [0.1, 0.15) is 0 Å². The number of likely N-dealkylation sites (N-methyl/N-ethyl adjacent to an activating group) is 1. The summed E-state index contributed by atoms with van der Waals surface area (Å²) in [5.74, 6) is 0.286. The van der Waals surface area contributed by atoms with Crippen LogP contribution in [0.1, 0.15) is 32.6 Å². The number of carbonyl (C=O) groups excluding carboxylic acids is 1. The Labute approximate surface area is 97.3 Å². The Morgan fingerprint density at radius 3 is 2.88 bits per heavy atom. The monoisotopic (exact) mass is 226 g/mol. The molecule has 2 fully saturated rings. The van der Waals surface area contributed by atoms with E-state index in [1.54, 1.807) is 0 Å². The molecule has 0 aromatic heterocycles. The zero-order chi connectivity index (χ0) is 11.5. The van der Waals surface area contributed by atoms with Crippen molar-refractivity contribution in [2.75, 3.05) is 20.2 Å². The summed E-state index contributed by atoms with van der Waals surface area (Å²) in [7, 11) is 1.87. The molecule has 0 aromatic rings. The Morgan fingerprint density at radius 1 is 1.50 bits per heavy atom. The Balaban J connectivity index is 1.84. The topological polar surface area (TPSA) is 41.6 Å². The van der Waals surface area contributed by atoms with Crippen LogP contribution in [0.15, 0.2) is 0 Å². The van der Waals surface area contributed by atoms with Crippen molar-refractivity contribution in [2.24, 2.45) is 0 Å². The van der Waals surface area contributed by atoms with Crippen LogP contribution < -0.4 is 5.32 Å². The molecule has 16 heavy (non-hydrogen) atoms. The lowest BCUT2D eigenvalue weighted by molar-refractivity contribution is -0.144. The van der Waals surface area contributed by atoms with Gasteiger partial charge in [-0.1, -0.05) is 0 Å². The standard InChI is InChI=1S/C12H22N2O2/c1-3-16-10-7-9(8-10)14-6-4-5-11(13-2)12(14)15/h9-11,13H,3-8H2,1-2H3. The summed E-state index contributed by atoms with van der Waals surface area (Å²) in [4.78, 5) is 14.1. The minimum Gasteiger partial charge on any atom is -0.378 e. The number of likely N-dealkylation sites (tertiary alicyclic amines) is 1. The van der Waals surface area contributed by atoms with Crippen molar-refractivity contribution in [1.82, 2.24) is 10.2 Å². The number of piperidine rings is 1. The van der Waals surface area contributed by atoms with E-state index in [1.165, 1.54) is 0 Å². The zero-order valence-corrected chi connectivity index (χ0v) is 10.2. The van der Waals surface area contributed by atoms with Crippen LogP contribution in [0.2, 0.25) is 0 Å².